The van der Waals surface area contributed by atoms with E-state index in [2.05, 4.69) is 19.8 Å². The standard InChI is InChI=1S/C14H16N6O2S/c1-11(2)19-8-13(15-9-19)23(21,22)18-14-16-10-20(17-14)12-6-4-3-5-7-12/h3-11H,1-2H3,(H,17,18). The monoisotopic (exact) mass is 332 g/mol. The Morgan fingerprint density at radius 3 is 2.48 bits per heavy atom. The van der Waals surface area contributed by atoms with E-state index in [0.717, 1.165) is 5.69 Å². The van der Waals surface area contributed by atoms with Crippen molar-refractivity contribution in [1.82, 2.24) is 24.3 Å². The Kier molecular flexibility index (Phi) is 3.87. The molecular weight excluding hydrogens is 316 g/mol. The van der Waals surface area contributed by atoms with Gasteiger partial charge in [-0.2, -0.15) is 13.4 Å². The van der Waals surface area contributed by atoms with Crippen LogP contribution in [0.1, 0.15) is 19.9 Å². The van der Waals surface area contributed by atoms with Gasteiger partial charge in [0.15, 0.2) is 5.03 Å². The number of rotatable bonds is 5. The number of anilines is 1. The Bertz CT molecular complexity index is 898. The molecule has 2 heterocycles. The van der Waals surface area contributed by atoms with E-state index in [1.165, 1.54) is 23.5 Å². The van der Waals surface area contributed by atoms with Gasteiger partial charge in [-0.3, -0.25) is 0 Å². The number of hydrogen-bond donors (Lipinski definition) is 1. The van der Waals surface area contributed by atoms with Crippen LogP contribution in [0.15, 0.2) is 54.2 Å². The summed E-state index contributed by atoms with van der Waals surface area (Å²) in [6.07, 6.45) is 4.40. The maximum atomic E-state index is 12.3. The van der Waals surface area contributed by atoms with Crippen molar-refractivity contribution in [3.8, 4) is 5.69 Å². The van der Waals surface area contributed by atoms with Gasteiger partial charge < -0.3 is 4.57 Å². The zero-order valence-electron chi connectivity index (χ0n) is 12.7. The van der Waals surface area contributed by atoms with E-state index in [4.69, 9.17) is 0 Å². The molecule has 0 unspecified atom stereocenters. The second kappa shape index (κ2) is 5.84. The molecule has 0 aliphatic carbocycles. The zero-order chi connectivity index (χ0) is 16.4. The summed E-state index contributed by atoms with van der Waals surface area (Å²) in [4.78, 5) is 7.89. The second-order valence-corrected chi connectivity index (χ2v) is 6.84. The average molecular weight is 332 g/mol. The summed E-state index contributed by atoms with van der Waals surface area (Å²) in [6.45, 7) is 3.88. The van der Waals surface area contributed by atoms with E-state index in [1.54, 1.807) is 4.57 Å². The summed E-state index contributed by atoms with van der Waals surface area (Å²) in [5.74, 6) is -0.00653. The summed E-state index contributed by atoms with van der Waals surface area (Å²) >= 11 is 0. The lowest BCUT2D eigenvalue weighted by atomic mass is 10.3. The van der Waals surface area contributed by atoms with Crippen molar-refractivity contribution in [2.45, 2.75) is 24.9 Å². The molecule has 3 rings (SSSR count). The normalized spacial score (nSPS) is 11.8. The Morgan fingerprint density at radius 1 is 1.09 bits per heavy atom. The van der Waals surface area contributed by atoms with Crippen LogP contribution < -0.4 is 4.72 Å². The van der Waals surface area contributed by atoms with Gasteiger partial charge in [0.2, 0.25) is 0 Å². The molecule has 1 N–H and O–H groups in total. The fraction of sp³-hybridized carbons (Fsp3) is 0.214. The Morgan fingerprint density at radius 2 is 1.83 bits per heavy atom. The quantitative estimate of drug-likeness (QED) is 0.769. The Labute approximate surface area is 133 Å². The van der Waals surface area contributed by atoms with Crippen molar-refractivity contribution < 1.29 is 8.42 Å². The smallest absolute Gasteiger partial charge is 0.283 e. The first-order chi connectivity index (χ1) is 11.0. The fourth-order valence-electron chi connectivity index (χ4n) is 1.93. The molecule has 0 saturated heterocycles. The minimum absolute atomic E-state index is 0.00653. The average Bonchev–Trinajstić information content (AvgIpc) is 3.17. The summed E-state index contributed by atoms with van der Waals surface area (Å²) in [5.41, 5.74) is 0.787. The SMILES string of the molecule is CC(C)n1cnc(S(=O)(=O)Nc2ncn(-c3ccccc3)n2)c1. The predicted octanol–water partition coefficient (Wildman–Crippen LogP) is 1.85. The molecule has 0 spiro atoms. The first-order valence-corrected chi connectivity index (χ1v) is 8.47. The van der Waals surface area contributed by atoms with E-state index in [9.17, 15) is 8.42 Å². The first kappa shape index (κ1) is 15.2. The van der Waals surface area contributed by atoms with E-state index < -0.39 is 10.0 Å². The lowest BCUT2D eigenvalue weighted by molar-refractivity contribution is 0.591. The van der Waals surface area contributed by atoms with Crippen molar-refractivity contribution in [1.29, 1.82) is 0 Å². The molecule has 2 aromatic heterocycles. The molecule has 0 atom stereocenters. The summed E-state index contributed by atoms with van der Waals surface area (Å²) in [7, 11) is -3.82. The number of benzene rings is 1. The second-order valence-electron chi connectivity index (χ2n) is 5.21. The maximum absolute atomic E-state index is 12.3. The van der Waals surface area contributed by atoms with E-state index in [1.807, 2.05) is 44.2 Å². The van der Waals surface area contributed by atoms with E-state index >= 15 is 0 Å². The number of sulfonamides is 1. The predicted molar refractivity (Wildman–Crippen MR) is 84.8 cm³/mol. The molecule has 0 radical (unpaired) electrons. The number of imidazole rings is 1. The van der Waals surface area contributed by atoms with Gasteiger partial charge in [-0.1, -0.05) is 18.2 Å². The van der Waals surface area contributed by atoms with Gasteiger partial charge in [0.25, 0.3) is 16.0 Å². The van der Waals surface area contributed by atoms with E-state index in [0.29, 0.717) is 0 Å². The molecule has 23 heavy (non-hydrogen) atoms. The summed E-state index contributed by atoms with van der Waals surface area (Å²) in [6, 6.07) is 9.42. The van der Waals surface area contributed by atoms with Crippen LogP contribution >= 0.6 is 0 Å². The fourth-order valence-corrected chi connectivity index (χ4v) is 2.81. The molecule has 3 aromatic rings. The van der Waals surface area contributed by atoms with Gasteiger partial charge in [-0.25, -0.2) is 14.4 Å². The third-order valence-corrected chi connectivity index (χ3v) is 4.40. The van der Waals surface area contributed by atoms with Gasteiger partial charge in [0.05, 0.1) is 12.0 Å². The molecule has 1 aromatic carbocycles. The highest BCUT2D eigenvalue weighted by molar-refractivity contribution is 7.92. The molecule has 0 aliphatic heterocycles. The third-order valence-electron chi connectivity index (χ3n) is 3.19. The summed E-state index contributed by atoms with van der Waals surface area (Å²) in [5, 5.41) is 4.05. The van der Waals surface area contributed by atoms with Crippen LogP contribution in [0.4, 0.5) is 5.95 Å². The molecule has 8 nitrogen and oxygen atoms in total. The number of hydrogen-bond acceptors (Lipinski definition) is 5. The van der Waals surface area contributed by atoms with Gasteiger partial charge in [0, 0.05) is 12.2 Å². The van der Waals surface area contributed by atoms with Crippen molar-refractivity contribution in [3.05, 3.63) is 49.2 Å². The minimum atomic E-state index is -3.82. The van der Waals surface area contributed by atoms with Crippen LogP contribution in [0.2, 0.25) is 0 Å². The highest BCUT2D eigenvalue weighted by atomic mass is 32.2. The molecule has 0 saturated carbocycles. The molecule has 0 bridgehead atoms. The summed E-state index contributed by atoms with van der Waals surface area (Å²) < 4.78 is 30.1. The van der Waals surface area contributed by atoms with Gasteiger partial charge in [-0.05, 0) is 26.0 Å². The Hall–Kier alpha value is -2.68. The van der Waals surface area contributed by atoms with Crippen LogP contribution in [-0.2, 0) is 10.0 Å². The number of para-hydroxylation sites is 1. The topological polar surface area (TPSA) is 94.7 Å². The van der Waals surface area contributed by atoms with Crippen molar-refractivity contribution in [2.75, 3.05) is 4.72 Å². The van der Waals surface area contributed by atoms with Crippen molar-refractivity contribution >= 4 is 16.0 Å². The molecule has 120 valence electrons. The highest BCUT2D eigenvalue weighted by Crippen LogP contribution is 2.14. The van der Waals surface area contributed by atoms with Crippen LogP contribution in [0, 0.1) is 0 Å². The van der Waals surface area contributed by atoms with Gasteiger partial charge in [-0.15, -0.1) is 5.10 Å². The molecule has 9 heteroatoms. The van der Waals surface area contributed by atoms with Crippen LogP contribution in [0.5, 0.6) is 0 Å². The lowest BCUT2D eigenvalue weighted by Crippen LogP contribution is -2.14. The molecule has 0 fully saturated rings. The van der Waals surface area contributed by atoms with Crippen LogP contribution in [0.3, 0.4) is 0 Å². The molecule has 0 aliphatic rings. The van der Waals surface area contributed by atoms with Crippen molar-refractivity contribution in [2.24, 2.45) is 0 Å². The zero-order valence-corrected chi connectivity index (χ0v) is 13.5. The molecular formula is C14H16N6O2S. The number of nitrogens with one attached hydrogen (secondary N) is 1. The largest absolute Gasteiger partial charge is 0.334 e. The lowest BCUT2D eigenvalue weighted by Gasteiger charge is -2.04. The van der Waals surface area contributed by atoms with Crippen LogP contribution in [-0.4, -0.2) is 32.7 Å². The van der Waals surface area contributed by atoms with Gasteiger partial charge in [0.1, 0.15) is 6.33 Å². The van der Waals surface area contributed by atoms with Crippen molar-refractivity contribution in [3.63, 3.8) is 0 Å². The number of aromatic nitrogens is 5. The Balaban J connectivity index is 1.82. The number of nitrogens with zero attached hydrogens (tertiary/aromatic N) is 5. The third kappa shape index (κ3) is 3.24. The first-order valence-electron chi connectivity index (χ1n) is 6.99. The maximum Gasteiger partial charge on any atom is 0.283 e. The highest BCUT2D eigenvalue weighted by Gasteiger charge is 2.20. The van der Waals surface area contributed by atoms with Crippen LogP contribution in [0.25, 0.3) is 5.69 Å². The van der Waals surface area contributed by atoms with E-state index in [-0.39, 0.29) is 17.0 Å². The minimum Gasteiger partial charge on any atom is -0.334 e. The van der Waals surface area contributed by atoms with Gasteiger partial charge >= 0.3 is 0 Å². The molecule has 0 amide bonds.